The fourth-order valence-corrected chi connectivity index (χ4v) is 2.49. The number of nitrogens with zero attached hydrogens (tertiary/aromatic N) is 1. The van der Waals surface area contributed by atoms with Gasteiger partial charge in [-0.25, -0.2) is 0 Å². The number of piperidine rings is 1. The van der Waals surface area contributed by atoms with E-state index >= 15 is 0 Å². The van der Waals surface area contributed by atoms with Crippen molar-refractivity contribution < 1.29 is 14.5 Å². The average Bonchev–Trinajstić information content (AvgIpc) is 2.47. The summed E-state index contributed by atoms with van der Waals surface area (Å²) in [6.45, 7) is 2.64. The molecule has 1 aromatic rings. The molecule has 1 aliphatic rings. The SMILES string of the molecule is CCCCOc1ccccc1[C@@H]1NC(=O)CC[C@@H]1[N+](=O)[O-]. The summed E-state index contributed by atoms with van der Waals surface area (Å²) in [6, 6.07) is 5.78. The van der Waals surface area contributed by atoms with Crippen molar-refractivity contribution in [2.24, 2.45) is 0 Å². The molecule has 6 nitrogen and oxygen atoms in total. The van der Waals surface area contributed by atoms with E-state index in [0.29, 0.717) is 17.9 Å². The number of nitro groups is 1. The van der Waals surface area contributed by atoms with E-state index in [4.69, 9.17) is 4.74 Å². The maximum atomic E-state index is 11.6. The Kier molecular flexibility index (Phi) is 5.14. The zero-order chi connectivity index (χ0) is 15.2. The minimum atomic E-state index is -0.807. The van der Waals surface area contributed by atoms with Gasteiger partial charge < -0.3 is 10.1 Å². The number of carbonyl (C=O) groups is 1. The van der Waals surface area contributed by atoms with E-state index in [0.717, 1.165) is 12.8 Å². The molecule has 1 fully saturated rings. The van der Waals surface area contributed by atoms with Gasteiger partial charge in [0.05, 0.1) is 6.61 Å². The van der Waals surface area contributed by atoms with Gasteiger partial charge >= 0.3 is 0 Å². The Hall–Kier alpha value is -2.11. The lowest BCUT2D eigenvalue weighted by Crippen LogP contribution is -2.45. The van der Waals surface area contributed by atoms with Crippen LogP contribution in [0, 0.1) is 10.1 Å². The molecule has 21 heavy (non-hydrogen) atoms. The number of unbranched alkanes of at least 4 members (excludes halogenated alkanes) is 1. The van der Waals surface area contributed by atoms with Crippen molar-refractivity contribution in [3.05, 3.63) is 39.9 Å². The Morgan fingerprint density at radius 3 is 2.90 bits per heavy atom. The van der Waals surface area contributed by atoms with E-state index in [-0.39, 0.29) is 23.7 Å². The number of rotatable bonds is 6. The van der Waals surface area contributed by atoms with Gasteiger partial charge in [-0.2, -0.15) is 0 Å². The quantitative estimate of drug-likeness (QED) is 0.496. The van der Waals surface area contributed by atoms with Crippen LogP contribution >= 0.6 is 0 Å². The lowest BCUT2D eigenvalue weighted by Gasteiger charge is -2.28. The average molecular weight is 292 g/mol. The molecule has 0 radical (unpaired) electrons. The summed E-state index contributed by atoms with van der Waals surface area (Å²) >= 11 is 0. The molecule has 0 aliphatic carbocycles. The molecular weight excluding hydrogens is 272 g/mol. The Balaban J connectivity index is 2.24. The second-order valence-electron chi connectivity index (χ2n) is 5.18. The summed E-state index contributed by atoms with van der Waals surface area (Å²) < 4.78 is 5.72. The molecule has 1 N–H and O–H groups in total. The largest absolute Gasteiger partial charge is 0.493 e. The molecule has 2 rings (SSSR count). The Morgan fingerprint density at radius 2 is 2.19 bits per heavy atom. The molecule has 1 saturated heterocycles. The molecule has 114 valence electrons. The summed E-state index contributed by atoms with van der Waals surface area (Å²) in [5, 5.41) is 14.0. The lowest BCUT2D eigenvalue weighted by atomic mass is 9.92. The number of benzene rings is 1. The Bertz CT molecular complexity index is 518. The van der Waals surface area contributed by atoms with Crippen molar-refractivity contribution in [1.29, 1.82) is 0 Å². The molecule has 0 spiro atoms. The zero-order valence-corrected chi connectivity index (χ0v) is 12.1. The van der Waals surface area contributed by atoms with Crippen molar-refractivity contribution in [3.8, 4) is 5.75 Å². The monoisotopic (exact) mass is 292 g/mol. The second-order valence-corrected chi connectivity index (χ2v) is 5.18. The third-order valence-electron chi connectivity index (χ3n) is 3.65. The number of nitrogens with one attached hydrogen (secondary N) is 1. The first kappa shape index (κ1) is 15.3. The molecule has 0 aromatic heterocycles. The van der Waals surface area contributed by atoms with E-state index in [9.17, 15) is 14.9 Å². The van der Waals surface area contributed by atoms with Crippen LogP contribution < -0.4 is 10.1 Å². The molecule has 1 aromatic carbocycles. The molecule has 1 aliphatic heterocycles. The van der Waals surface area contributed by atoms with Crippen LogP contribution in [-0.4, -0.2) is 23.5 Å². The first-order valence-corrected chi connectivity index (χ1v) is 7.28. The van der Waals surface area contributed by atoms with Crippen LogP contribution in [-0.2, 0) is 4.79 Å². The fourth-order valence-electron chi connectivity index (χ4n) is 2.49. The highest BCUT2D eigenvalue weighted by atomic mass is 16.6. The van der Waals surface area contributed by atoms with Crippen LogP contribution in [0.15, 0.2) is 24.3 Å². The number of ether oxygens (including phenoxy) is 1. The van der Waals surface area contributed by atoms with Crippen molar-refractivity contribution in [3.63, 3.8) is 0 Å². The number of hydrogen-bond donors (Lipinski definition) is 1. The normalized spacial score (nSPS) is 21.7. The van der Waals surface area contributed by atoms with Crippen LogP contribution in [0.25, 0.3) is 0 Å². The van der Waals surface area contributed by atoms with Crippen molar-refractivity contribution >= 4 is 5.91 Å². The predicted molar refractivity (Wildman–Crippen MR) is 77.7 cm³/mol. The van der Waals surface area contributed by atoms with Gasteiger partial charge in [-0.1, -0.05) is 31.5 Å². The molecule has 2 atom stereocenters. The van der Waals surface area contributed by atoms with Crippen molar-refractivity contribution in [2.45, 2.75) is 44.7 Å². The van der Waals surface area contributed by atoms with Crippen LogP contribution in [0.4, 0.5) is 0 Å². The van der Waals surface area contributed by atoms with E-state index < -0.39 is 12.1 Å². The van der Waals surface area contributed by atoms with Gasteiger partial charge in [0.15, 0.2) is 0 Å². The minimum absolute atomic E-state index is 0.151. The van der Waals surface area contributed by atoms with Crippen LogP contribution in [0.1, 0.15) is 44.2 Å². The third kappa shape index (κ3) is 3.71. The highest BCUT2D eigenvalue weighted by Crippen LogP contribution is 2.32. The van der Waals surface area contributed by atoms with E-state index in [1.54, 1.807) is 18.2 Å². The number of amides is 1. The van der Waals surface area contributed by atoms with Gasteiger partial charge in [0.2, 0.25) is 11.9 Å². The molecule has 0 bridgehead atoms. The Labute approximate surface area is 123 Å². The van der Waals surface area contributed by atoms with Crippen LogP contribution in [0.2, 0.25) is 0 Å². The van der Waals surface area contributed by atoms with E-state index in [1.807, 2.05) is 6.07 Å². The molecule has 0 saturated carbocycles. The van der Waals surface area contributed by atoms with Crippen LogP contribution in [0.5, 0.6) is 5.75 Å². The standard InChI is InChI=1S/C15H20N2O4/c1-2-3-10-21-13-7-5-4-6-11(13)15-12(17(19)20)8-9-14(18)16-15/h4-7,12,15H,2-3,8-10H2,1H3,(H,16,18)/t12-,15-/m0/s1. The molecule has 1 heterocycles. The first-order valence-electron chi connectivity index (χ1n) is 7.28. The smallest absolute Gasteiger partial charge is 0.237 e. The molecule has 6 heteroatoms. The van der Waals surface area contributed by atoms with E-state index in [1.165, 1.54) is 0 Å². The minimum Gasteiger partial charge on any atom is -0.493 e. The summed E-state index contributed by atoms with van der Waals surface area (Å²) in [5.74, 6) is 0.464. The van der Waals surface area contributed by atoms with Gasteiger partial charge in [0.1, 0.15) is 11.8 Å². The molecule has 0 unspecified atom stereocenters. The number of hydrogen-bond acceptors (Lipinski definition) is 4. The van der Waals surface area contributed by atoms with E-state index in [2.05, 4.69) is 12.2 Å². The maximum Gasteiger partial charge on any atom is 0.237 e. The molecular formula is C15H20N2O4. The summed E-state index contributed by atoms with van der Waals surface area (Å²) in [6.07, 6.45) is 2.39. The summed E-state index contributed by atoms with van der Waals surface area (Å²) in [7, 11) is 0. The van der Waals surface area contributed by atoms with Gasteiger partial charge in [-0.15, -0.1) is 0 Å². The van der Waals surface area contributed by atoms with Crippen LogP contribution in [0.3, 0.4) is 0 Å². The predicted octanol–water partition coefficient (Wildman–Crippen LogP) is 2.46. The fraction of sp³-hybridized carbons (Fsp3) is 0.533. The zero-order valence-electron chi connectivity index (χ0n) is 12.1. The lowest BCUT2D eigenvalue weighted by molar-refractivity contribution is -0.529. The van der Waals surface area contributed by atoms with Gasteiger partial charge in [-0.05, 0) is 12.5 Å². The highest BCUT2D eigenvalue weighted by Gasteiger charge is 2.39. The van der Waals surface area contributed by atoms with Gasteiger partial charge in [0.25, 0.3) is 0 Å². The topological polar surface area (TPSA) is 81.5 Å². The number of para-hydroxylation sites is 1. The van der Waals surface area contributed by atoms with Gasteiger partial charge in [-0.3, -0.25) is 14.9 Å². The van der Waals surface area contributed by atoms with Crippen molar-refractivity contribution in [1.82, 2.24) is 5.32 Å². The molecule has 1 amide bonds. The number of carbonyl (C=O) groups excluding carboxylic acids is 1. The third-order valence-corrected chi connectivity index (χ3v) is 3.65. The Morgan fingerprint density at radius 1 is 1.43 bits per heavy atom. The summed E-state index contributed by atoms with van der Waals surface area (Å²) in [5.41, 5.74) is 0.684. The van der Waals surface area contributed by atoms with Crippen molar-refractivity contribution in [2.75, 3.05) is 6.61 Å². The highest BCUT2D eigenvalue weighted by molar-refractivity contribution is 5.77. The second kappa shape index (κ2) is 7.06. The summed E-state index contributed by atoms with van der Waals surface area (Å²) in [4.78, 5) is 22.5. The first-order chi connectivity index (χ1) is 10.1. The van der Waals surface area contributed by atoms with Gasteiger partial charge in [0, 0.05) is 23.3 Å². The maximum absolute atomic E-state index is 11.6.